The Bertz CT molecular complexity index is 249. The fourth-order valence-electron chi connectivity index (χ4n) is 0.443. The molecule has 9 heteroatoms. The lowest BCUT2D eigenvalue weighted by molar-refractivity contribution is 0.00705. The zero-order valence-electron chi connectivity index (χ0n) is 7.04. The van der Waals surface area contributed by atoms with Gasteiger partial charge in [0.05, 0.1) is 0 Å². The summed E-state index contributed by atoms with van der Waals surface area (Å²) < 4.78 is 25.1. The van der Waals surface area contributed by atoms with Crippen molar-refractivity contribution in [2.45, 2.75) is 0 Å². The molecule has 0 aromatic heterocycles. The lowest BCUT2D eigenvalue weighted by Gasteiger charge is -2.11. The van der Waals surface area contributed by atoms with E-state index in [4.69, 9.17) is 16.1 Å². The fourth-order valence-corrected chi connectivity index (χ4v) is 1.25. The summed E-state index contributed by atoms with van der Waals surface area (Å²) in [6, 6.07) is 0. The van der Waals surface area contributed by atoms with Gasteiger partial charge in [0.15, 0.2) is 0 Å². The Balaban J connectivity index is 2.47. The maximum absolute atomic E-state index is 11.4. The van der Waals surface area contributed by atoms with Crippen molar-refractivity contribution >= 4 is 13.8 Å². The van der Waals surface area contributed by atoms with Crippen LogP contribution in [0.2, 0.25) is 0 Å². The van der Waals surface area contributed by atoms with Gasteiger partial charge >= 0.3 is 7.82 Å². The van der Waals surface area contributed by atoms with Crippen molar-refractivity contribution in [3.8, 4) is 0 Å². The molecule has 0 saturated carbocycles. The van der Waals surface area contributed by atoms with Crippen LogP contribution >= 0.6 is 7.82 Å². The molecule has 0 bridgehead atoms. The molecular weight excluding hydrogens is 199 g/mol. The largest absolute Gasteiger partial charge is 0.567 e. The van der Waals surface area contributed by atoms with Crippen molar-refractivity contribution in [1.82, 2.24) is 5.06 Å². The molecule has 0 radical (unpaired) electrons. The van der Waals surface area contributed by atoms with E-state index < -0.39 is 7.82 Å². The molecule has 0 aliphatic carbocycles. The summed E-state index contributed by atoms with van der Waals surface area (Å²) in [7, 11) is -2.50. The number of hydrogen-bond donors (Lipinski definition) is 2. The number of nitrogens with zero attached hydrogens (tertiary/aromatic N) is 2. The van der Waals surface area contributed by atoms with Crippen LogP contribution in [0, 0.1) is 0 Å². The summed E-state index contributed by atoms with van der Waals surface area (Å²) in [6.07, 6.45) is 0. The predicted molar refractivity (Wildman–Crippen MR) is 44.2 cm³/mol. The van der Waals surface area contributed by atoms with Crippen molar-refractivity contribution in [2.75, 3.05) is 20.2 Å². The van der Waals surface area contributed by atoms with Crippen molar-refractivity contribution in [1.29, 1.82) is 0 Å². The molecule has 0 aromatic carbocycles. The molecule has 1 aliphatic rings. The number of phosphoric acid groups is 1. The second-order valence-corrected chi connectivity index (χ2v) is 3.82. The van der Waals surface area contributed by atoms with E-state index in [1.165, 1.54) is 12.2 Å². The van der Waals surface area contributed by atoms with Crippen LogP contribution in [-0.2, 0) is 18.3 Å². The van der Waals surface area contributed by atoms with E-state index in [9.17, 15) is 4.57 Å². The van der Waals surface area contributed by atoms with E-state index in [0.29, 0.717) is 13.1 Å². The van der Waals surface area contributed by atoms with Crippen LogP contribution in [0.5, 0.6) is 0 Å². The number of nitrogens with two attached hydrogens (primary N) is 2. The molecule has 1 saturated heterocycles. The fraction of sp³-hybridized carbons (Fsp3) is 0.750. The van der Waals surface area contributed by atoms with Crippen LogP contribution in [0.1, 0.15) is 0 Å². The van der Waals surface area contributed by atoms with Crippen LogP contribution in [0.3, 0.4) is 0 Å². The van der Waals surface area contributed by atoms with Crippen LogP contribution < -0.4 is 11.5 Å². The molecule has 1 unspecified atom stereocenters. The van der Waals surface area contributed by atoms with Gasteiger partial charge in [-0.2, -0.15) is 9.69 Å². The molecule has 76 valence electrons. The van der Waals surface area contributed by atoms with Crippen LogP contribution in [-0.4, -0.2) is 31.2 Å². The average molecular weight is 210 g/mol. The molecule has 13 heavy (non-hydrogen) atoms. The van der Waals surface area contributed by atoms with E-state index in [-0.39, 0.29) is 5.96 Å². The van der Waals surface area contributed by atoms with Crippen molar-refractivity contribution in [3.05, 3.63) is 0 Å². The lowest BCUT2D eigenvalue weighted by atomic mass is 11.0. The van der Waals surface area contributed by atoms with Crippen LogP contribution in [0.15, 0.2) is 5.16 Å². The molecule has 0 amide bonds. The van der Waals surface area contributed by atoms with Gasteiger partial charge in [-0.3, -0.25) is 9.15 Å². The van der Waals surface area contributed by atoms with E-state index in [0.717, 1.165) is 0 Å². The van der Waals surface area contributed by atoms with E-state index in [1.807, 2.05) is 0 Å². The maximum atomic E-state index is 11.4. The summed E-state index contributed by atoms with van der Waals surface area (Å²) >= 11 is 0. The third-order valence-electron chi connectivity index (χ3n) is 1.09. The Morgan fingerprint density at radius 2 is 2.15 bits per heavy atom. The standard InChI is InChI=1S/C4H11N4O4P/c1-10-13(9,11-7-4(5)6)12-8-2-3-8/h2-3H2,1H3,(H4,5,6,7). The first-order valence-corrected chi connectivity index (χ1v) is 4.90. The van der Waals surface area contributed by atoms with Gasteiger partial charge in [0.2, 0.25) is 5.96 Å². The smallest absolute Gasteiger partial charge is 0.367 e. The number of oxime groups is 1. The number of hydroxylamine groups is 2. The second-order valence-electron chi connectivity index (χ2n) is 2.24. The molecule has 0 spiro atoms. The topological polar surface area (TPSA) is 112 Å². The number of hydrogen-bond acceptors (Lipinski definition) is 6. The minimum Gasteiger partial charge on any atom is -0.367 e. The van der Waals surface area contributed by atoms with Gasteiger partial charge in [-0.05, 0) is 5.16 Å². The maximum Gasteiger partial charge on any atom is 0.567 e. The van der Waals surface area contributed by atoms with Crippen LogP contribution in [0.25, 0.3) is 0 Å². The molecule has 4 N–H and O–H groups in total. The summed E-state index contributed by atoms with van der Waals surface area (Å²) in [6.45, 7) is 1.36. The average Bonchev–Trinajstić information content (AvgIpc) is 2.85. The zero-order valence-corrected chi connectivity index (χ0v) is 7.94. The van der Waals surface area contributed by atoms with Gasteiger partial charge in [-0.15, -0.1) is 0 Å². The molecular formula is C4H11N4O4P. The van der Waals surface area contributed by atoms with Gasteiger partial charge in [0, 0.05) is 20.2 Å². The highest BCUT2D eigenvalue weighted by Crippen LogP contribution is 2.50. The monoisotopic (exact) mass is 210 g/mol. The third-order valence-corrected chi connectivity index (χ3v) is 2.25. The third kappa shape index (κ3) is 3.60. The van der Waals surface area contributed by atoms with Crippen molar-refractivity contribution < 1.29 is 18.3 Å². The van der Waals surface area contributed by atoms with E-state index in [1.54, 1.807) is 0 Å². The normalized spacial score (nSPS) is 20.4. The lowest BCUT2D eigenvalue weighted by Crippen LogP contribution is -2.22. The highest BCUT2D eigenvalue weighted by atomic mass is 31.2. The second kappa shape index (κ2) is 3.93. The quantitative estimate of drug-likeness (QED) is 0.200. The molecule has 8 nitrogen and oxygen atoms in total. The first-order valence-electron chi connectivity index (χ1n) is 3.44. The Morgan fingerprint density at radius 3 is 2.54 bits per heavy atom. The molecule has 1 rings (SSSR count). The Morgan fingerprint density at radius 1 is 1.54 bits per heavy atom. The number of rotatable bonds is 5. The van der Waals surface area contributed by atoms with Gasteiger partial charge < -0.3 is 11.5 Å². The first kappa shape index (κ1) is 10.3. The Labute approximate surface area is 75.0 Å². The Kier molecular flexibility index (Phi) is 3.10. The van der Waals surface area contributed by atoms with E-state index >= 15 is 0 Å². The minimum absolute atomic E-state index is 0.355. The van der Waals surface area contributed by atoms with Gasteiger partial charge in [-0.25, -0.2) is 4.57 Å². The summed E-state index contributed by atoms with van der Waals surface area (Å²) in [5.41, 5.74) is 9.92. The summed E-state index contributed by atoms with van der Waals surface area (Å²) in [4.78, 5) is 0. The van der Waals surface area contributed by atoms with Gasteiger partial charge in [0.25, 0.3) is 0 Å². The molecule has 1 atom stereocenters. The summed E-state index contributed by atoms with van der Waals surface area (Å²) in [5.74, 6) is -0.355. The SMILES string of the molecule is COP(=O)(ON=C(N)N)ON1CC1. The highest BCUT2D eigenvalue weighted by Gasteiger charge is 2.35. The molecule has 1 aliphatic heterocycles. The first-order chi connectivity index (χ1) is 6.06. The van der Waals surface area contributed by atoms with Crippen LogP contribution in [0.4, 0.5) is 0 Å². The molecule has 1 heterocycles. The summed E-state index contributed by atoms with van der Waals surface area (Å²) in [5, 5.41) is 4.48. The molecule has 1 fully saturated rings. The van der Waals surface area contributed by atoms with Gasteiger partial charge in [-0.1, -0.05) is 0 Å². The number of guanidine groups is 1. The molecule has 0 aromatic rings. The Hall–Kier alpha value is -0.820. The highest BCUT2D eigenvalue weighted by molar-refractivity contribution is 7.48. The van der Waals surface area contributed by atoms with Crippen molar-refractivity contribution in [3.63, 3.8) is 0 Å². The predicted octanol–water partition coefficient (Wildman–Crippen LogP) is -0.807. The van der Waals surface area contributed by atoms with E-state index in [2.05, 4.69) is 14.3 Å². The van der Waals surface area contributed by atoms with Gasteiger partial charge in [0.1, 0.15) is 0 Å². The van der Waals surface area contributed by atoms with Crippen molar-refractivity contribution in [2.24, 2.45) is 16.6 Å². The minimum atomic E-state index is -3.67. The zero-order chi connectivity index (χ0) is 9.90.